The van der Waals surface area contributed by atoms with E-state index in [0.29, 0.717) is 0 Å². The van der Waals surface area contributed by atoms with Crippen molar-refractivity contribution in [3.05, 3.63) is 52.4 Å². The SMILES string of the molecule is Cc1nc(COc2c(F)c(F)c(F)c(F)c2F)ncc1C(=O)O. The van der Waals surface area contributed by atoms with Gasteiger partial charge in [0, 0.05) is 6.20 Å². The van der Waals surface area contributed by atoms with Crippen molar-refractivity contribution in [1.82, 2.24) is 9.97 Å². The van der Waals surface area contributed by atoms with E-state index in [-0.39, 0.29) is 17.1 Å². The first-order chi connectivity index (χ1) is 10.7. The van der Waals surface area contributed by atoms with Crippen molar-refractivity contribution >= 4 is 5.97 Å². The van der Waals surface area contributed by atoms with Crippen molar-refractivity contribution in [2.75, 3.05) is 0 Å². The van der Waals surface area contributed by atoms with E-state index in [9.17, 15) is 26.7 Å². The van der Waals surface area contributed by atoms with Gasteiger partial charge in [0.1, 0.15) is 6.61 Å². The van der Waals surface area contributed by atoms with Crippen molar-refractivity contribution in [2.24, 2.45) is 0 Å². The summed E-state index contributed by atoms with van der Waals surface area (Å²) in [5.74, 6) is -13.8. The van der Waals surface area contributed by atoms with E-state index in [1.54, 1.807) is 0 Å². The van der Waals surface area contributed by atoms with E-state index in [1.807, 2.05) is 0 Å². The topological polar surface area (TPSA) is 72.3 Å². The van der Waals surface area contributed by atoms with Gasteiger partial charge >= 0.3 is 5.97 Å². The zero-order chi connectivity index (χ0) is 17.3. The third kappa shape index (κ3) is 3.05. The highest BCUT2D eigenvalue weighted by atomic mass is 19.2. The number of hydrogen-bond acceptors (Lipinski definition) is 4. The summed E-state index contributed by atoms with van der Waals surface area (Å²) in [7, 11) is 0. The molecule has 0 unspecified atom stereocenters. The molecule has 0 radical (unpaired) electrons. The van der Waals surface area contributed by atoms with Crippen molar-refractivity contribution in [2.45, 2.75) is 13.5 Å². The third-order valence-corrected chi connectivity index (χ3v) is 2.77. The van der Waals surface area contributed by atoms with Gasteiger partial charge in [-0.2, -0.15) is 8.78 Å². The van der Waals surface area contributed by atoms with Crippen LogP contribution in [0, 0.1) is 36.0 Å². The maximum Gasteiger partial charge on any atom is 0.339 e. The minimum absolute atomic E-state index is 0.0449. The minimum Gasteiger partial charge on any atom is -0.479 e. The van der Waals surface area contributed by atoms with Crippen molar-refractivity contribution in [3.8, 4) is 5.75 Å². The molecule has 0 spiro atoms. The number of halogens is 5. The highest BCUT2D eigenvalue weighted by Crippen LogP contribution is 2.29. The lowest BCUT2D eigenvalue weighted by Gasteiger charge is -2.10. The van der Waals surface area contributed by atoms with Crippen LogP contribution < -0.4 is 4.74 Å². The predicted molar refractivity (Wildman–Crippen MR) is 64.3 cm³/mol. The van der Waals surface area contributed by atoms with Gasteiger partial charge in [0.25, 0.3) is 0 Å². The number of ether oxygens (including phenoxy) is 1. The lowest BCUT2D eigenvalue weighted by atomic mass is 10.2. The molecule has 1 N–H and O–H groups in total. The van der Waals surface area contributed by atoms with Crippen LogP contribution >= 0.6 is 0 Å². The van der Waals surface area contributed by atoms with Gasteiger partial charge in [-0.1, -0.05) is 0 Å². The number of rotatable bonds is 4. The number of aryl methyl sites for hydroxylation is 1. The summed E-state index contributed by atoms with van der Waals surface area (Å²) >= 11 is 0. The number of hydrogen-bond donors (Lipinski definition) is 1. The standard InChI is InChI=1S/C13H7F5N2O3/c1-4-5(13(21)22)2-19-6(20-4)3-23-12-10(17)8(15)7(14)9(16)11(12)18/h2H,3H2,1H3,(H,21,22). The van der Waals surface area contributed by atoms with Gasteiger partial charge in [-0.25, -0.2) is 27.9 Å². The first-order valence-electron chi connectivity index (χ1n) is 5.94. The number of aromatic nitrogens is 2. The molecule has 0 aliphatic heterocycles. The first-order valence-corrected chi connectivity index (χ1v) is 5.94. The largest absolute Gasteiger partial charge is 0.479 e. The minimum atomic E-state index is -2.30. The van der Waals surface area contributed by atoms with Crippen LogP contribution in [0.4, 0.5) is 22.0 Å². The Morgan fingerprint density at radius 1 is 1.09 bits per heavy atom. The second-order valence-electron chi connectivity index (χ2n) is 4.28. The third-order valence-electron chi connectivity index (χ3n) is 2.77. The average Bonchev–Trinajstić information content (AvgIpc) is 2.50. The molecule has 5 nitrogen and oxygen atoms in total. The lowest BCUT2D eigenvalue weighted by Crippen LogP contribution is -2.11. The number of carbonyl (C=O) groups is 1. The quantitative estimate of drug-likeness (QED) is 0.529. The molecule has 1 aromatic carbocycles. The fraction of sp³-hybridized carbons (Fsp3) is 0.154. The molecule has 1 aromatic heterocycles. The average molecular weight is 334 g/mol. The maximum atomic E-state index is 13.4. The highest BCUT2D eigenvalue weighted by Gasteiger charge is 2.27. The number of benzene rings is 1. The second kappa shape index (κ2) is 6.15. The van der Waals surface area contributed by atoms with Gasteiger partial charge in [-0.05, 0) is 6.92 Å². The summed E-state index contributed by atoms with van der Waals surface area (Å²) in [5.41, 5.74) is -0.159. The molecular formula is C13H7F5N2O3. The predicted octanol–water partition coefficient (Wildman–Crippen LogP) is 2.76. The van der Waals surface area contributed by atoms with Crippen molar-refractivity contribution < 1.29 is 36.6 Å². The molecule has 0 aliphatic rings. The number of carboxylic acid groups (broad SMARTS) is 1. The van der Waals surface area contributed by atoms with E-state index < -0.39 is 47.4 Å². The second-order valence-corrected chi connectivity index (χ2v) is 4.28. The fourth-order valence-electron chi connectivity index (χ4n) is 1.64. The molecule has 0 bridgehead atoms. The van der Waals surface area contributed by atoms with Crippen LogP contribution in [-0.4, -0.2) is 21.0 Å². The summed E-state index contributed by atoms with van der Waals surface area (Å²) in [6, 6.07) is 0. The van der Waals surface area contributed by atoms with E-state index in [0.717, 1.165) is 6.20 Å². The maximum absolute atomic E-state index is 13.4. The Kier molecular flexibility index (Phi) is 4.43. The van der Waals surface area contributed by atoms with Crippen LogP contribution in [-0.2, 0) is 6.61 Å². The summed E-state index contributed by atoms with van der Waals surface area (Å²) in [4.78, 5) is 18.1. The molecule has 2 rings (SSSR count). The normalized spacial score (nSPS) is 10.7. The van der Waals surface area contributed by atoms with Gasteiger partial charge in [0.2, 0.25) is 29.1 Å². The van der Waals surface area contributed by atoms with Gasteiger partial charge in [-0.15, -0.1) is 0 Å². The van der Waals surface area contributed by atoms with Crippen LogP contribution in [0.2, 0.25) is 0 Å². The summed E-state index contributed by atoms with van der Waals surface area (Å²) < 4.78 is 70.2. The Balaban J connectivity index is 2.29. The summed E-state index contributed by atoms with van der Waals surface area (Å²) in [6.07, 6.45) is 0.932. The molecule has 23 heavy (non-hydrogen) atoms. The summed E-state index contributed by atoms with van der Waals surface area (Å²) in [6.45, 7) is 0.617. The molecule has 0 saturated carbocycles. The Hall–Kier alpha value is -2.78. The molecule has 0 saturated heterocycles. The lowest BCUT2D eigenvalue weighted by molar-refractivity contribution is 0.0695. The Morgan fingerprint density at radius 2 is 1.61 bits per heavy atom. The van der Waals surface area contributed by atoms with Crippen LogP contribution in [0.15, 0.2) is 6.20 Å². The van der Waals surface area contributed by atoms with Crippen LogP contribution in [0.25, 0.3) is 0 Å². The monoisotopic (exact) mass is 334 g/mol. The molecular weight excluding hydrogens is 327 g/mol. The zero-order valence-corrected chi connectivity index (χ0v) is 11.3. The number of aromatic carboxylic acids is 1. The van der Waals surface area contributed by atoms with Crippen molar-refractivity contribution in [3.63, 3.8) is 0 Å². The molecule has 1 heterocycles. The van der Waals surface area contributed by atoms with Gasteiger partial charge in [0.05, 0.1) is 11.3 Å². The molecule has 0 atom stereocenters. The first kappa shape index (κ1) is 16.6. The molecule has 10 heteroatoms. The van der Waals surface area contributed by atoms with E-state index in [2.05, 4.69) is 14.7 Å². The van der Waals surface area contributed by atoms with Gasteiger partial charge in [-0.3, -0.25) is 0 Å². The number of nitrogens with zero attached hydrogens (tertiary/aromatic N) is 2. The van der Waals surface area contributed by atoms with E-state index >= 15 is 0 Å². The Morgan fingerprint density at radius 3 is 2.09 bits per heavy atom. The van der Waals surface area contributed by atoms with Crippen LogP contribution in [0.1, 0.15) is 21.9 Å². The molecule has 0 amide bonds. The van der Waals surface area contributed by atoms with E-state index in [1.165, 1.54) is 6.92 Å². The van der Waals surface area contributed by atoms with Crippen LogP contribution in [0.5, 0.6) is 5.75 Å². The molecule has 2 aromatic rings. The van der Waals surface area contributed by atoms with Crippen molar-refractivity contribution in [1.29, 1.82) is 0 Å². The smallest absolute Gasteiger partial charge is 0.339 e. The highest BCUT2D eigenvalue weighted by molar-refractivity contribution is 5.88. The molecule has 0 fully saturated rings. The fourth-order valence-corrected chi connectivity index (χ4v) is 1.64. The number of carboxylic acids is 1. The van der Waals surface area contributed by atoms with Gasteiger partial charge < -0.3 is 9.84 Å². The Labute approximate surface area is 125 Å². The summed E-state index contributed by atoms with van der Waals surface area (Å²) in [5, 5.41) is 8.80. The van der Waals surface area contributed by atoms with Gasteiger partial charge in [0.15, 0.2) is 11.6 Å². The zero-order valence-electron chi connectivity index (χ0n) is 11.3. The van der Waals surface area contributed by atoms with E-state index in [4.69, 9.17) is 5.11 Å². The molecule has 122 valence electrons. The molecule has 0 aliphatic carbocycles. The Bertz CT molecular complexity index is 769. The van der Waals surface area contributed by atoms with Crippen LogP contribution in [0.3, 0.4) is 0 Å².